The number of para-hydroxylation sites is 1. The van der Waals surface area contributed by atoms with Crippen LogP contribution >= 0.6 is 23.2 Å². The summed E-state index contributed by atoms with van der Waals surface area (Å²) in [6.07, 6.45) is 0. The van der Waals surface area contributed by atoms with Crippen molar-refractivity contribution in [2.75, 3.05) is 4.90 Å². The number of urea groups is 1. The van der Waals surface area contributed by atoms with E-state index in [1.54, 1.807) is 36.4 Å². The topological polar surface area (TPSA) is 91.4 Å². The van der Waals surface area contributed by atoms with Crippen LogP contribution in [0.15, 0.2) is 36.4 Å². The number of aromatic nitrogens is 1. The van der Waals surface area contributed by atoms with Gasteiger partial charge >= 0.3 is 6.03 Å². The zero-order valence-corrected chi connectivity index (χ0v) is 14.1. The summed E-state index contributed by atoms with van der Waals surface area (Å²) >= 11 is 11.8. The maximum absolute atomic E-state index is 13.1. The van der Waals surface area contributed by atoms with Crippen molar-refractivity contribution in [3.63, 3.8) is 0 Å². The molecule has 1 aromatic carbocycles. The van der Waals surface area contributed by atoms with E-state index in [9.17, 15) is 14.4 Å². The number of nitrogens with one attached hydrogen (secondary N) is 2. The van der Waals surface area contributed by atoms with Crippen LogP contribution < -0.4 is 15.5 Å². The molecule has 9 heteroatoms. The van der Waals surface area contributed by atoms with Gasteiger partial charge in [0, 0.05) is 5.56 Å². The van der Waals surface area contributed by atoms with Crippen molar-refractivity contribution >= 4 is 46.7 Å². The van der Waals surface area contributed by atoms with E-state index in [-0.39, 0.29) is 16.9 Å². The molecule has 1 spiro atoms. The lowest BCUT2D eigenvalue weighted by Gasteiger charge is -2.21. The number of halogens is 2. The molecule has 1 fully saturated rings. The molecule has 0 bridgehead atoms. The van der Waals surface area contributed by atoms with Crippen molar-refractivity contribution in [2.45, 2.75) is 12.1 Å². The van der Waals surface area contributed by atoms with Gasteiger partial charge in [0.2, 0.25) is 5.54 Å². The van der Waals surface area contributed by atoms with Gasteiger partial charge in [-0.3, -0.25) is 14.9 Å². The Labute approximate surface area is 151 Å². The van der Waals surface area contributed by atoms with Crippen LogP contribution in [-0.4, -0.2) is 22.8 Å². The van der Waals surface area contributed by atoms with Crippen molar-refractivity contribution in [2.24, 2.45) is 0 Å². The standard InChI is InChI=1S/C16H10Cl2N4O3/c17-11-5-8(6-12(18)19-11)7-22-10-4-2-1-3-9(10)16(14(22)24)13(23)20-15(25)21-16/h1-6H,7H2,(H2,20,21,23,25). The van der Waals surface area contributed by atoms with Gasteiger partial charge in [0.15, 0.2) is 0 Å². The van der Waals surface area contributed by atoms with Gasteiger partial charge in [0.1, 0.15) is 10.3 Å². The van der Waals surface area contributed by atoms with Crippen LogP contribution in [0.2, 0.25) is 10.3 Å². The molecule has 3 heterocycles. The number of fused-ring (bicyclic) bond motifs is 2. The Kier molecular flexibility index (Phi) is 3.45. The third-order valence-electron chi connectivity index (χ3n) is 4.20. The molecular formula is C16H10Cl2N4O3. The van der Waals surface area contributed by atoms with Crippen LogP contribution in [0.5, 0.6) is 0 Å². The molecule has 4 rings (SSSR count). The smallest absolute Gasteiger partial charge is 0.312 e. The van der Waals surface area contributed by atoms with Crippen molar-refractivity contribution < 1.29 is 14.4 Å². The molecule has 1 atom stereocenters. The molecule has 1 unspecified atom stereocenters. The Morgan fingerprint density at radius 1 is 1.08 bits per heavy atom. The Bertz CT molecular complexity index is 928. The molecule has 0 aliphatic carbocycles. The van der Waals surface area contributed by atoms with E-state index >= 15 is 0 Å². The molecule has 126 valence electrons. The molecule has 4 amide bonds. The molecule has 1 aromatic heterocycles. The highest BCUT2D eigenvalue weighted by atomic mass is 35.5. The summed E-state index contributed by atoms with van der Waals surface area (Å²) in [5, 5.41) is 5.00. The van der Waals surface area contributed by atoms with E-state index in [0.717, 1.165) is 0 Å². The Morgan fingerprint density at radius 3 is 2.40 bits per heavy atom. The predicted octanol–water partition coefficient (Wildman–Crippen LogP) is 1.97. The second-order valence-corrected chi connectivity index (χ2v) is 6.46. The van der Waals surface area contributed by atoms with E-state index in [1.165, 1.54) is 4.90 Å². The number of nitrogens with zero attached hydrogens (tertiary/aromatic N) is 2. The molecule has 2 aliphatic heterocycles. The first-order valence-electron chi connectivity index (χ1n) is 7.29. The lowest BCUT2D eigenvalue weighted by molar-refractivity contribution is -0.134. The van der Waals surface area contributed by atoms with Gasteiger partial charge < -0.3 is 10.2 Å². The van der Waals surface area contributed by atoms with Gasteiger partial charge in [-0.1, -0.05) is 41.4 Å². The van der Waals surface area contributed by atoms with Gasteiger partial charge in [0.05, 0.1) is 12.2 Å². The highest BCUT2D eigenvalue weighted by molar-refractivity contribution is 6.32. The van der Waals surface area contributed by atoms with Gasteiger partial charge in [-0.05, 0) is 23.8 Å². The van der Waals surface area contributed by atoms with E-state index < -0.39 is 23.4 Å². The van der Waals surface area contributed by atoms with Crippen LogP contribution in [-0.2, 0) is 21.7 Å². The number of benzene rings is 1. The second kappa shape index (κ2) is 5.44. The number of amides is 4. The molecule has 0 saturated carbocycles. The van der Waals surface area contributed by atoms with Gasteiger partial charge in [0.25, 0.3) is 11.8 Å². The average Bonchev–Trinajstić information content (AvgIpc) is 2.97. The Morgan fingerprint density at radius 2 is 1.76 bits per heavy atom. The highest BCUT2D eigenvalue weighted by Gasteiger charge is 2.61. The van der Waals surface area contributed by atoms with E-state index in [4.69, 9.17) is 23.2 Å². The maximum atomic E-state index is 13.1. The van der Waals surface area contributed by atoms with Gasteiger partial charge in [-0.15, -0.1) is 0 Å². The zero-order valence-electron chi connectivity index (χ0n) is 12.5. The second-order valence-electron chi connectivity index (χ2n) is 5.69. The van der Waals surface area contributed by atoms with Gasteiger partial charge in [-0.2, -0.15) is 0 Å². The number of rotatable bonds is 2. The SMILES string of the molecule is O=C1NC(=O)C2(N1)C(=O)N(Cc1cc(Cl)nc(Cl)c1)c1ccccc12. The number of hydrogen-bond donors (Lipinski definition) is 2. The van der Waals surface area contributed by atoms with E-state index in [1.807, 2.05) is 0 Å². The number of hydrogen-bond acceptors (Lipinski definition) is 4. The van der Waals surface area contributed by atoms with Crippen molar-refractivity contribution in [1.82, 2.24) is 15.6 Å². The number of carbonyl (C=O) groups excluding carboxylic acids is 3. The number of imide groups is 1. The van der Waals surface area contributed by atoms with Crippen LogP contribution in [0.1, 0.15) is 11.1 Å². The molecular weight excluding hydrogens is 367 g/mol. The Balaban J connectivity index is 1.81. The third-order valence-corrected chi connectivity index (χ3v) is 4.58. The molecule has 0 radical (unpaired) electrons. The minimum Gasteiger partial charge on any atom is -0.312 e. The summed E-state index contributed by atoms with van der Waals surface area (Å²) in [7, 11) is 0. The van der Waals surface area contributed by atoms with Crippen molar-refractivity contribution in [3.05, 3.63) is 57.8 Å². The normalized spacial score (nSPS) is 21.5. The minimum absolute atomic E-state index is 0.128. The predicted molar refractivity (Wildman–Crippen MR) is 90.2 cm³/mol. The van der Waals surface area contributed by atoms with Gasteiger partial charge in [-0.25, -0.2) is 9.78 Å². The molecule has 25 heavy (non-hydrogen) atoms. The molecule has 2 N–H and O–H groups in total. The number of pyridine rings is 1. The summed E-state index contributed by atoms with van der Waals surface area (Å²) in [6, 6.07) is 9.28. The largest absolute Gasteiger partial charge is 0.323 e. The lowest BCUT2D eigenvalue weighted by atomic mass is 9.92. The zero-order chi connectivity index (χ0) is 17.8. The fourth-order valence-electron chi connectivity index (χ4n) is 3.19. The first-order valence-corrected chi connectivity index (χ1v) is 8.04. The molecule has 2 aliphatic rings. The Hall–Kier alpha value is -2.64. The summed E-state index contributed by atoms with van der Waals surface area (Å²) in [6.45, 7) is 0.128. The summed E-state index contributed by atoms with van der Waals surface area (Å²) in [5.41, 5.74) is -0.132. The third kappa shape index (κ3) is 2.27. The molecule has 1 saturated heterocycles. The van der Waals surface area contributed by atoms with Crippen LogP contribution in [0, 0.1) is 0 Å². The van der Waals surface area contributed by atoms with E-state index in [0.29, 0.717) is 16.8 Å². The first kappa shape index (κ1) is 15.9. The van der Waals surface area contributed by atoms with Crippen LogP contribution in [0.25, 0.3) is 0 Å². The number of anilines is 1. The molecule has 2 aromatic rings. The lowest BCUT2D eigenvalue weighted by Crippen LogP contribution is -2.52. The average molecular weight is 377 g/mol. The number of carbonyl (C=O) groups is 3. The fourth-order valence-corrected chi connectivity index (χ4v) is 3.70. The monoisotopic (exact) mass is 376 g/mol. The highest BCUT2D eigenvalue weighted by Crippen LogP contribution is 2.42. The summed E-state index contributed by atoms with van der Waals surface area (Å²) in [5.74, 6) is -1.23. The van der Waals surface area contributed by atoms with Crippen LogP contribution in [0.3, 0.4) is 0 Å². The quantitative estimate of drug-likeness (QED) is 0.476. The van der Waals surface area contributed by atoms with Crippen molar-refractivity contribution in [1.29, 1.82) is 0 Å². The summed E-state index contributed by atoms with van der Waals surface area (Å²) < 4.78 is 0. The van der Waals surface area contributed by atoms with Crippen molar-refractivity contribution in [3.8, 4) is 0 Å². The maximum Gasteiger partial charge on any atom is 0.323 e. The molecule has 7 nitrogen and oxygen atoms in total. The van der Waals surface area contributed by atoms with E-state index in [2.05, 4.69) is 15.6 Å². The minimum atomic E-state index is -1.74. The summed E-state index contributed by atoms with van der Waals surface area (Å²) in [4.78, 5) is 42.4. The van der Waals surface area contributed by atoms with Crippen LogP contribution in [0.4, 0.5) is 10.5 Å². The first-order chi connectivity index (χ1) is 11.9. The fraction of sp³-hybridized carbons (Fsp3) is 0.125.